The van der Waals surface area contributed by atoms with Crippen molar-refractivity contribution in [3.05, 3.63) is 0 Å². The number of aliphatic hydroxyl groups is 1. The predicted octanol–water partition coefficient (Wildman–Crippen LogP) is 5.84. The van der Waals surface area contributed by atoms with Crippen LogP contribution in [0.2, 0.25) is 0 Å². The molecule has 4 rings (SSSR count). The van der Waals surface area contributed by atoms with Gasteiger partial charge in [-0.1, -0.05) is 25.9 Å². The Balaban J connectivity index is 1.43. The Kier molecular flexibility index (Phi) is 8.22. The minimum absolute atomic E-state index is 0.0783. The zero-order valence-electron chi connectivity index (χ0n) is 23.2. The number of oxime groups is 1. The number of hydrogen-bond acceptors (Lipinski definition) is 5. The Morgan fingerprint density at radius 1 is 1.09 bits per heavy atom. The molecule has 0 saturated heterocycles. The average molecular weight is 490 g/mol. The van der Waals surface area contributed by atoms with Crippen LogP contribution in [0.3, 0.4) is 0 Å². The molecule has 4 aliphatic rings. The van der Waals surface area contributed by atoms with Crippen LogP contribution in [0.5, 0.6) is 0 Å². The molecule has 4 saturated carbocycles. The van der Waals surface area contributed by atoms with Crippen LogP contribution in [0.25, 0.3) is 0 Å². The van der Waals surface area contributed by atoms with Gasteiger partial charge in [0.1, 0.15) is 0 Å². The largest absolute Gasteiger partial charge is 0.436 e. The molecule has 4 aliphatic carbocycles. The predicted molar refractivity (Wildman–Crippen MR) is 141 cm³/mol. The van der Waals surface area contributed by atoms with Gasteiger partial charge in [-0.25, -0.2) is 4.79 Å². The fourth-order valence-electron chi connectivity index (χ4n) is 9.09. The van der Waals surface area contributed by atoms with Gasteiger partial charge >= 0.3 is 6.09 Å². The van der Waals surface area contributed by atoms with Crippen LogP contribution in [-0.2, 0) is 4.84 Å². The second-order valence-electron chi connectivity index (χ2n) is 13.0. The van der Waals surface area contributed by atoms with E-state index in [4.69, 9.17) is 4.84 Å². The Bertz CT molecular complexity index is 785. The molecule has 0 heterocycles. The van der Waals surface area contributed by atoms with Crippen molar-refractivity contribution < 1.29 is 14.7 Å². The number of amides is 1. The smallest absolute Gasteiger partial charge is 0.393 e. The zero-order valence-corrected chi connectivity index (χ0v) is 23.2. The van der Waals surface area contributed by atoms with Crippen molar-refractivity contribution in [1.82, 2.24) is 10.2 Å². The molecule has 0 aromatic heterocycles. The third-order valence-electron chi connectivity index (χ3n) is 11.0. The van der Waals surface area contributed by atoms with E-state index in [2.05, 4.69) is 38.2 Å². The highest BCUT2D eigenvalue weighted by molar-refractivity contribution is 5.85. The van der Waals surface area contributed by atoms with Gasteiger partial charge in [-0.15, -0.1) is 0 Å². The van der Waals surface area contributed by atoms with Crippen LogP contribution in [0, 0.1) is 40.4 Å². The molecule has 0 bridgehead atoms. The van der Waals surface area contributed by atoms with Crippen LogP contribution in [-0.4, -0.2) is 53.6 Å². The standard InChI is InChI=1S/C29H51N3O3/c1-7-30-16-17-32(19(2)3)27(34)35-31-20(4)24-10-11-25-23-9-8-21-18-22(33)12-14-28(21,5)26(23)13-15-29(24,25)6/h19,21-26,30,33H,7-18H2,1-6H3/b31-20+/t21-,22+,23-,24+,25-,26-,28-,29+/m0/s1. The molecule has 0 aliphatic heterocycles. The Hall–Kier alpha value is -1.14. The van der Waals surface area contributed by atoms with E-state index in [1.807, 2.05) is 13.8 Å². The van der Waals surface area contributed by atoms with Gasteiger partial charge in [0.05, 0.1) is 11.8 Å². The lowest BCUT2D eigenvalue weighted by Gasteiger charge is -2.61. The van der Waals surface area contributed by atoms with E-state index < -0.39 is 0 Å². The fraction of sp³-hybridized carbons (Fsp3) is 0.931. The Labute approximate surface area is 213 Å². The van der Waals surface area contributed by atoms with Crippen LogP contribution in [0.15, 0.2) is 5.16 Å². The van der Waals surface area contributed by atoms with E-state index in [0.29, 0.717) is 23.8 Å². The van der Waals surface area contributed by atoms with E-state index in [1.54, 1.807) is 4.90 Å². The maximum atomic E-state index is 12.8. The molecular formula is C29H51N3O3. The summed E-state index contributed by atoms with van der Waals surface area (Å²) in [5, 5.41) is 18.0. The maximum absolute atomic E-state index is 12.8. The summed E-state index contributed by atoms with van der Waals surface area (Å²) in [6.07, 6.45) is 10.4. The average Bonchev–Trinajstić information content (AvgIpc) is 3.17. The molecule has 35 heavy (non-hydrogen) atoms. The molecule has 200 valence electrons. The highest BCUT2D eigenvalue weighted by Gasteiger charge is 2.60. The summed E-state index contributed by atoms with van der Waals surface area (Å²) >= 11 is 0. The number of carbonyl (C=O) groups excluding carboxylic acids is 1. The molecule has 6 nitrogen and oxygen atoms in total. The van der Waals surface area contributed by atoms with Gasteiger partial charge in [0, 0.05) is 25.0 Å². The second kappa shape index (κ2) is 10.7. The number of carbonyl (C=O) groups is 1. The van der Waals surface area contributed by atoms with Gasteiger partial charge in [0.15, 0.2) is 0 Å². The van der Waals surface area contributed by atoms with Crippen molar-refractivity contribution in [3.63, 3.8) is 0 Å². The monoisotopic (exact) mass is 489 g/mol. The summed E-state index contributed by atoms with van der Waals surface area (Å²) in [6.45, 7) is 15.5. The Morgan fingerprint density at radius 3 is 2.51 bits per heavy atom. The van der Waals surface area contributed by atoms with Crippen LogP contribution < -0.4 is 5.32 Å². The highest BCUT2D eigenvalue weighted by Crippen LogP contribution is 2.67. The molecule has 0 aromatic carbocycles. The molecule has 0 aromatic rings. The third kappa shape index (κ3) is 5.03. The number of rotatable bonds is 7. The first-order chi connectivity index (χ1) is 16.6. The van der Waals surface area contributed by atoms with E-state index in [-0.39, 0.29) is 23.7 Å². The molecule has 1 amide bonds. The second-order valence-corrected chi connectivity index (χ2v) is 13.0. The van der Waals surface area contributed by atoms with Crippen molar-refractivity contribution in [2.75, 3.05) is 19.6 Å². The maximum Gasteiger partial charge on any atom is 0.436 e. The summed E-state index contributed by atoms with van der Waals surface area (Å²) in [7, 11) is 0. The van der Waals surface area contributed by atoms with Gasteiger partial charge in [-0.3, -0.25) is 4.84 Å². The zero-order chi connectivity index (χ0) is 25.4. The van der Waals surface area contributed by atoms with Gasteiger partial charge in [0.25, 0.3) is 0 Å². The van der Waals surface area contributed by atoms with Crippen LogP contribution in [0.1, 0.15) is 99.3 Å². The van der Waals surface area contributed by atoms with Gasteiger partial charge in [0.2, 0.25) is 0 Å². The number of hydrogen-bond donors (Lipinski definition) is 2. The molecule has 4 fully saturated rings. The summed E-state index contributed by atoms with van der Waals surface area (Å²) < 4.78 is 0. The lowest BCUT2D eigenvalue weighted by Crippen LogP contribution is -2.54. The summed E-state index contributed by atoms with van der Waals surface area (Å²) in [5.74, 6) is 3.44. The number of aliphatic hydroxyl groups excluding tert-OH is 1. The van der Waals surface area contributed by atoms with Crippen LogP contribution in [0.4, 0.5) is 4.79 Å². The number of nitrogens with zero attached hydrogens (tertiary/aromatic N) is 2. The molecule has 8 atom stereocenters. The van der Waals surface area contributed by atoms with Crippen molar-refractivity contribution in [2.45, 2.75) is 111 Å². The van der Waals surface area contributed by atoms with E-state index in [0.717, 1.165) is 55.8 Å². The molecule has 0 spiro atoms. The van der Waals surface area contributed by atoms with Gasteiger partial charge in [-0.05, 0) is 120 Å². The fourth-order valence-corrected chi connectivity index (χ4v) is 9.09. The quantitative estimate of drug-likeness (QED) is 0.204. The van der Waals surface area contributed by atoms with Crippen molar-refractivity contribution >= 4 is 11.8 Å². The first kappa shape index (κ1) is 26.9. The number of fused-ring (bicyclic) bond motifs is 5. The van der Waals surface area contributed by atoms with E-state index in [1.165, 1.54) is 38.5 Å². The van der Waals surface area contributed by atoms with Crippen molar-refractivity contribution in [1.29, 1.82) is 0 Å². The van der Waals surface area contributed by atoms with Crippen molar-refractivity contribution in [3.8, 4) is 0 Å². The minimum Gasteiger partial charge on any atom is -0.393 e. The summed E-state index contributed by atoms with van der Waals surface area (Å²) in [5.41, 5.74) is 1.66. The molecule has 0 radical (unpaired) electrons. The number of nitrogens with one attached hydrogen (secondary N) is 1. The lowest BCUT2D eigenvalue weighted by molar-refractivity contribution is -0.123. The topological polar surface area (TPSA) is 74.2 Å². The van der Waals surface area contributed by atoms with Crippen molar-refractivity contribution in [2.24, 2.45) is 45.6 Å². The minimum atomic E-state index is -0.341. The Morgan fingerprint density at radius 2 is 1.80 bits per heavy atom. The van der Waals surface area contributed by atoms with Gasteiger partial charge in [-0.2, -0.15) is 0 Å². The lowest BCUT2D eigenvalue weighted by atomic mass is 9.44. The van der Waals surface area contributed by atoms with E-state index >= 15 is 0 Å². The molecule has 0 unspecified atom stereocenters. The highest BCUT2D eigenvalue weighted by atomic mass is 16.7. The van der Waals surface area contributed by atoms with Gasteiger partial charge < -0.3 is 15.3 Å². The first-order valence-electron chi connectivity index (χ1n) is 14.5. The normalized spacial score (nSPS) is 41.2. The SMILES string of the molecule is CCNCCN(C(=O)O/N=C(\C)[C@H]1CC[C@H]2[C@@H]3CC[C@H]4C[C@H](O)CC[C@]4(C)[C@H]3CC[C@]12C)C(C)C. The van der Waals surface area contributed by atoms with E-state index in [9.17, 15) is 9.90 Å². The molecule has 2 N–H and O–H groups in total. The molecule has 6 heteroatoms. The van der Waals surface area contributed by atoms with Crippen LogP contribution >= 0.6 is 0 Å². The summed E-state index contributed by atoms with van der Waals surface area (Å²) in [6, 6.07) is 0.0812. The molecular weight excluding hydrogens is 438 g/mol. The number of likely N-dealkylation sites (N-methyl/N-ethyl adjacent to an activating group) is 1. The summed E-state index contributed by atoms with van der Waals surface area (Å²) in [4.78, 5) is 20.1. The first-order valence-corrected chi connectivity index (χ1v) is 14.5. The third-order valence-corrected chi connectivity index (χ3v) is 11.0.